The highest BCUT2D eigenvalue weighted by Crippen LogP contribution is 2.38. The lowest BCUT2D eigenvalue weighted by molar-refractivity contribution is 0.328. The van der Waals surface area contributed by atoms with E-state index in [1.807, 2.05) is 13.0 Å². The summed E-state index contributed by atoms with van der Waals surface area (Å²) >= 11 is 7.46. The molecule has 1 atom stereocenters. The minimum Gasteiger partial charge on any atom is -0.506 e. The number of benzene rings is 2. The standard InChI is InChI=1S/C25H30ClN3O4S2/c1-15(17-7-5-4-6-8-17)27-25-28-16(2)24(34-25)18-9-12-22(33-3)23(13-18)35(31,32)29-19-10-11-21(30)20(26)14-19/h9-15,17,29-30H,4-8H2,1-3H3,(H,27,28)/t15-/m1/s1. The van der Waals surface area contributed by atoms with Crippen LogP contribution in [0.4, 0.5) is 10.8 Å². The fourth-order valence-corrected chi connectivity index (χ4v) is 6.97. The number of nitrogens with one attached hydrogen (secondary N) is 2. The minimum absolute atomic E-state index is 0.000389. The molecule has 1 heterocycles. The van der Waals surface area contributed by atoms with Crippen molar-refractivity contribution in [1.82, 2.24) is 4.98 Å². The molecule has 35 heavy (non-hydrogen) atoms. The summed E-state index contributed by atoms with van der Waals surface area (Å²) in [5.41, 5.74) is 1.81. The maximum Gasteiger partial charge on any atom is 0.265 e. The number of phenols is 1. The van der Waals surface area contributed by atoms with Crippen LogP contribution >= 0.6 is 22.9 Å². The van der Waals surface area contributed by atoms with E-state index >= 15 is 0 Å². The quantitative estimate of drug-likeness (QED) is 0.278. The topological polar surface area (TPSA) is 101 Å². The number of methoxy groups -OCH3 is 1. The van der Waals surface area contributed by atoms with Gasteiger partial charge in [0.05, 0.1) is 28.4 Å². The Bertz CT molecular complexity index is 1300. The summed E-state index contributed by atoms with van der Waals surface area (Å²) in [7, 11) is -2.57. The van der Waals surface area contributed by atoms with Crippen molar-refractivity contribution >= 4 is 43.8 Å². The number of hydrogen-bond acceptors (Lipinski definition) is 7. The van der Waals surface area contributed by atoms with E-state index in [2.05, 4.69) is 17.0 Å². The number of aryl methyl sites for hydroxylation is 1. The second-order valence-electron chi connectivity index (χ2n) is 8.90. The van der Waals surface area contributed by atoms with Crippen molar-refractivity contribution in [1.29, 1.82) is 0 Å². The lowest BCUT2D eigenvalue weighted by Crippen LogP contribution is -2.27. The number of hydrogen-bond donors (Lipinski definition) is 3. The van der Waals surface area contributed by atoms with E-state index in [1.165, 1.54) is 68.7 Å². The average molecular weight is 536 g/mol. The highest BCUT2D eigenvalue weighted by atomic mass is 35.5. The van der Waals surface area contributed by atoms with Crippen molar-refractivity contribution in [3.8, 4) is 21.9 Å². The van der Waals surface area contributed by atoms with Gasteiger partial charge in [0.15, 0.2) is 5.13 Å². The maximum atomic E-state index is 13.3. The zero-order valence-corrected chi connectivity index (χ0v) is 22.4. The molecular formula is C25H30ClN3O4S2. The molecule has 3 N–H and O–H groups in total. The summed E-state index contributed by atoms with van der Waals surface area (Å²) in [4.78, 5) is 5.61. The Morgan fingerprint density at radius 2 is 1.91 bits per heavy atom. The van der Waals surface area contributed by atoms with Crippen molar-refractivity contribution in [2.75, 3.05) is 17.1 Å². The summed E-state index contributed by atoms with van der Waals surface area (Å²) in [6.07, 6.45) is 6.37. The lowest BCUT2D eigenvalue weighted by Gasteiger charge is -2.28. The molecule has 7 nitrogen and oxygen atoms in total. The molecule has 1 saturated carbocycles. The number of aromatic hydroxyl groups is 1. The van der Waals surface area contributed by atoms with Gasteiger partial charge in [-0.1, -0.05) is 42.2 Å². The summed E-state index contributed by atoms with van der Waals surface area (Å²) in [6.45, 7) is 4.14. The van der Waals surface area contributed by atoms with E-state index in [0.29, 0.717) is 12.0 Å². The van der Waals surface area contributed by atoms with Gasteiger partial charge in [0.1, 0.15) is 16.4 Å². The number of thiazole rings is 1. The van der Waals surface area contributed by atoms with Gasteiger partial charge in [-0.3, -0.25) is 4.72 Å². The number of ether oxygens (including phenoxy) is 1. The van der Waals surface area contributed by atoms with Gasteiger partial charge in [-0.25, -0.2) is 13.4 Å². The first-order valence-electron chi connectivity index (χ1n) is 11.6. The van der Waals surface area contributed by atoms with Crippen molar-refractivity contribution in [2.45, 2.75) is 56.9 Å². The zero-order valence-electron chi connectivity index (χ0n) is 20.0. The minimum atomic E-state index is -4.00. The number of anilines is 2. The van der Waals surface area contributed by atoms with E-state index in [1.54, 1.807) is 12.1 Å². The van der Waals surface area contributed by atoms with Gasteiger partial charge in [0, 0.05) is 6.04 Å². The largest absolute Gasteiger partial charge is 0.506 e. The molecule has 0 unspecified atom stereocenters. The smallest absolute Gasteiger partial charge is 0.265 e. The van der Waals surface area contributed by atoms with E-state index in [4.69, 9.17) is 21.3 Å². The number of halogens is 1. The van der Waals surface area contributed by atoms with Crippen LogP contribution in [0.5, 0.6) is 11.5 Å². The number of sulfonamides is 1. The first kappa shape index (κ1) is 25.6. The second kappa shape index (κ2) is 10.6. The molecule has 0 bridgehead atoms. The van der Waals surface area contributed by atoms with Crippen molar-refractivity contribution in [3.63, 3.8) is 0 Å². The number of rotatable bonds is 8. The van der Waals surface area contributed by atoms with Crippen molar-refractivity contribution in [3.05, 3.63) is 47.1 Å². The molecule has 4 rings (SSSR count). The zero-order chi connectivity index (χ0) is 25.2. The first-order chi connectivity index (χ1) is 16.7. The molecule has 1 aromatic heterocycles. The predicted octanol–water partition coefficient (Wildman–Crippen LogP) is 6.67. The number of nitrogens with zero attached hydrogens (tertiary/aromatic N) is 1. The van der Waals surface area contributed by atoms with E-state index < -0.39 is 10.0 Å². The third-order valence-electron chi connectivity index (χ3n) is 6.42. The molecule has 1 aliphatic carbocycles. The van der Waals surface area contributed by atoms with Crippen LogP contribution in [0.3, 0.4) is 0 Å². The van der Waals surface area contributed by atoms with Crippen LogP contribution in [0.2, 0.25) is 5.02 Å². The normalized spacial score (nSPS) is 15.5. The molecule has 0 radical (unpaired) electrons. The van der Waals surface area contributed by atoms with Crippen LogP contribution in [-0.2, 0) is 10.0 Å². The fraction of sp³-hybridized carbons (Fsp3) is 0.400. The SMILES string of the molecule is COc1ccc(-c2sc(N[C@H](C)C3CCCCC3)nc2C)cc1S(=O)(=O)Nc1ccc(O)c(Cl)c1. The van der Waals surface area contributed by atoms with Crippen molar-refractivity contribution in [2.24, 2.45) is 5.92 Å². The van der Waals surface area contributed by atoms with Crippen LogP contribution in [0.25, 0.3) is 10.4 Å². The lowest BCUT2D eigenvalue weighted by atomic mass is 9.85. The molecule has 1 fully saturated rings. The van der Waals surface area contributed by atoms with Gasteiger partial charge in [-0.15, -0.1) is 0 Å². The van der Waals surface area contributed by atoms with Gasteiger partial charge in [-0.2, -0.15) is 0 Å². The molecule has 2 aromatic carbocycles. The first-order valence-corrected chi connectivity index (χ1v) is 14.3. The monoisotopic (exact) mass is 535 g/mol. The third-order valence-corrected chi connectivity index (χ3v) is 9.26. The van der Waals surface area contributed by atoms with Gasteiger partial charge >= 0.3 is 0 Å². The van der Waals surface area contributed by atoms with Gasteiger partial charge in [-0.05, 0) is 74.6 Å². The molecule has 0 amide bonds. The summed E-state index contributed by atoms with van der Waals surface area (Å²) in [5.74, 6) is 0.739. The Labute approximate surface area is 215 Å². The number of phenolic OH excluding ortho intramolecular Hbond substituents is 1. The fourth-order valence-electron chi connectivity index (χ4n) is 4.48. The van der Waals surface area contributed by atoms with Crippen molar-refractivity contribution < 1.29 is 18.3 Å². The molecule has 1 aliphatic rings. The Hall–Kier alpha value is -2.49. The number of aromatic nitrogens is 1. The molecule has 3 aromatic rings. The molecular weight excluding hydrogens is 506 g/mol. The van der Waals surface area contributed by atoms with E-state index in [0.717, 1.165) is 21.3 Å². The van der Waals surface area contributed by atoms with Gasteiger partial charge < -0.3 is 15.2 Å². The van der Waals surface area contributed by atoms with Gasteiger partial charge in [0.2, 0.25) is 0 Å². The Balaban J connectivity index is 1.61. The van der Waals surface area contributed by atoms with Crippen LogP contribution < -0.4 is 14.8 Å². The van der Waals surface area contributed by atoms with Crippen LogP contribution in [-0.4, -0.2) is 31.7 Å². The summed E-state index contributed by atoms with van der Waals surface area (Å²) < 4.78 is 34.4. The second-order valence-corrected chi connectivity index (χ2v) is 12.0. The molecule has 10 heteroatoms. The highest BCUT2D eigenvalue weighted by Gasteiger charge is 2.24. The Morgan fingerprint density at radius 3 is 2.60 bits per heavy atom. The summed E-state index contributed by atoms with van der Waals surface area (Å²) in [5, 5.41) is 14.1. The maximum absolute atomic E-state index is 13.3. The predicted molar refractivity (Wildman–Crippen MR) is 142 cm³/mol. The van der Waals surface area contributed by atoms with E-state index in [-0.39, 0.29) is 27.1 Å². The molecule has 0 spiro atoms. The van der Waals surface area contributed by atoms with Crippen LogP contribution in [0.15, 0.2) is 41.3 Å². The van der Waals surface area contributed by atoms with Crippen LogP contribution in [0.1, 0.15) is 44.7 Å². The Kier molecular flexibility index (Phi) is 7.78. The molecule has 0 aliphatic heterocycles. The Morgan fingerprint density at radius 1 is 1.17 bits per heavy atom. The average Bonchev–Trinajstić information content (AvgIpc) is 3.21. The van der Waals surface area contributed by atoms with E-state index in [9.17, 15) is 13.5 Å². The highest BCUT2D eigenvalue weighted by molar-refractivity contribution is 7.92. The van der Waals surface area contributed by atoms with Gasteiger partial charge in [0.25, 0.3) is 10.0 Å². The summed E-state index contributed by atoms with van der Waals surface area (Å²) in [6, 6.07) is 9.53. The van der Waals surface area contributed by atoms with Crippen LogP contribution in [0, 0.1) is 12.8 Å². The molecule has 188 valence electrons. The molecule has 0 saturated heterocycles. The third kappa shape index (κ3) is 5.85.